The molecule has 57 heavy (non-hydrogen) atoms. The smallest absolute Gasteiger partial charge is 0.0540 e. The summed E-state index contributed by atoms with van der Waals surface area (Å²) in [5.41, 5.74) is 15.3. The number of rotatable bonds is 8. The average molecular weight is 726 g/mol. The van der Waals surface area contributed by atoms with E-state index in [0.29, 0.717) is 0 Å². The molecule has 0 spiro atoms. The molecule has 10 aromatic rings. The first-order valence-electron chi connectivity index (χ1n) is 19.6. The van der Waals surface area contributed by atoms with Gasteiger partial charge in [-0.25, -0.2) is 0 Å². The maximum Gasteiger partial charge on any atom is 0.0540 e. The van der Waals surface area contributed by atoms with Gasteiger partial charge in [0.2, 0.25) is 0 Å². The molecular weight excluding hydrogens is 687 g/mol. The maximum absolute atomic E-state index is 2.41. The standard InChI is InChI=1S/C56H39N/c1-2-13-40(14-3-1)43-25-29-45(30-26-43)55-23-10-11-24-56(55)57(52-20-12-19-48(39-52)49-31-27-41-15-4-6-17-46(41)37-49)51-35-33-44(34-36-51)53-21-8-9-22-54(53)50-32-28-42-16-5-7-18-47(42)38-50/h1-39H. The van der Waals surface area contributed by atoms with Crippen molar-refractivity contribution < 1.29 is 0 Å². The van der Waals surface area contributed by atoms with Crippen LogP contribution in [-0.4, -0.2) is 0 Å². The summed E-state index contributed by atoms with van der Waals surface area (Å²) in [5, 5.41) is 4.98. The lowest BCUT2D eigenvalue weighted by atomic mass is 9.93. The molecule has 0 unspecified atom stereocenters. The topological polar surface area (TPSA) is 3.24 Å². The average Bonchev–Trinajstić information content (AvgIpc) is 3.30. The number of fused-ring (bicyclic) bond motifs is 2. The Morgan fingerprint density at radius 2 is 0.649 bits per heavy atom. The van der Waals surface area contributed by atoms with Crippen LogP contribution >= 0.6 is 0 Å². The molecule has 0 bridgehead atoms. The second kappa shape index (κ2) is 15.0. The van der Waals surface area contributed by atoms with Gasteiger partial charge in [0.05, 0.1) is 5.69 Å². The van der Waals surface area contributed by atoms with Crippen molar-refractivity contribution >= 4 is 38.6 Å². The van der Waals surface area contributed by atoms with E-state index in [0.717, 1.165) is 17.1 Å². The molecular formula is C56H39N. The van der Waals surface area contributed by atoms with Gasteiger partial charge in [-0.05, 0) is 114 Å². The van der Waals surface area contributed by atoms with Crippen LogP contribution in [0.5, 0.6) is 0 Å². The molecule has 0 aliphatic heterocycles. The number of hydrogen-bond donors (Lipinski definition) is 0. The SMILES string of the molecule is c1ccc(-c2ccc(-c3ccccc3N(c3ccc(-c4ccccc4-c4ccc5ccccc5c4)cc3)c3cccc(-c4ccc5ccccc5c4)c3)cc2)cc1. The van der Waals surface area contributed by atoms with E-state index in [1.807, 2.05) is 0 Å². The molecule has 0 radical (unpaired) electrons. The predicted molar refractivity (Wildman–Crippen MR) is 243 cm³/mol. The molecule has 0 atom stereocenters. The number of hydrogen-bond acceptors (Lipinski definition) is 1. The molecule has 0 aliphatic carbocycles. The Balaban J connectivity index is 1.08. The molecule has 0 saturated heterocycles. The fraction of sp³-hybridized carbons (Fsp3) is 0. The van der Waals surface area contributed by atoms with Crippen molar-refractivity contribution in [1.29, 1.82) is 0 Å². The third-order valence-corrected chi connectivity index (χ3v) is 11.1. The van der Waals surface area contributed by atoms with E-state index in [-0.39, 0.29) is 0 Å². The van der Waals surface area contributed by atoms with Crippen molar-refractivity contribution in [2.45, 2.75) is 0 Å². The van der Waals surface area contributed by atoms with Crippen LogP contribution in [0.4, 0.5) is 17.1 Å². The van der Waals surface area contributed by atoms with Gasteiger partial charge in [0.1, 0.15) is 0 Å². The Morgan fingerprint density at radius 1 is 0.211 bits per heavy atom. The van der Waals surface area contributed by atoms with E-state index in [2.05, 4.69) is 241 Å². The Morgan fingerprint density at radius 3 is 1.35 bits per heavy atom. The second-order valence-corrected chi connectivity index (χ2v) is 14.6. The highest BCUT2D eigenvalue weighted by Gasteiger charge is 2.19. The second-order valence-electron chi connectivity index (χ2n) is 14.6. The first-order valence-corrected chi connectivity index (χ1v) is 19.6. The number of benzene rings is 10. The molecule has 10 aromatic carbocycles. The third kappa shape index (κ3) is 6.77. The third-order valence-electron chi connectivity index (χ3n) is 11.1. The van der Waals surface area contributed by atoms with Crippen molar-refractivity contribution in [3.05, 3.63) is 237 Å². The lowest BCUT2D eigenvalue weighted by Gasteiger charge is -2.28. The van der Waals surface area contributed by atoms with Gasteiger partial charge >= 0.3 is 0 Å². The van der Waals surface area contributed by atoms with Gasteiger partial charge in [0.15, 0.2) is 0 Å². The molecule has 0 N–H and O–H groups in total. The first kappa shape index (κ1) is 34.0. The van der Waals surface area contributed by atoms with Crippen LogP contribution in [-0.2, 0) is 0 Å². The van der Waals surface area contributed by atoms with Crippen LogP contribution in [0.1, 0.15) is 0 Å². The predicted octanol–water partition coefficient (Wildman–Crippen LogP) is 15.8. The highest BCUT2D eigenvalue weighted by molar-refractivity contribution is 5.94. The normalized spacial score (nSPS) is 11.2. The monoisotopic (exact) mass is 725 g/mol. The van der Waals surface area contributed by atoms with Crippen molar-refractivity contribution in [2.24, 2.45) is 0 Å². The van der Waals surface area contributed by atoms with Crippen molar-refractivity contribution in [1.82, 2.24) is 0 Å². The Kier molecular flexibility index (Phi) is 8.95. The molecule has 0 heterocycles. The van der Waals surface area contributed by atoms with Crippen molar-refractivity contribution in [3.63, 3.8) is 0 Å². The van der Waals surface area contributed by atoms with E-state index >= 15 is 0 Å². The highest BCUT2D eigenvalue weighted by Crippen LogP contribution is 2.43. The van der Waals surface area contributed by atoms with Crippen LogP contribution in [0.15, 0.2) is 237 Å². The van der Waals surface area contributed by atoms with Crippen molar-refractivity contribution in [2.75, 3.05) is 4.90 Å². The van der Waals surface area contributed by atoms with Crippen LogP contribution in [0.3, 0.4) is 0 Å². The lowest BCUT2D eigenvalue weighted by molar-refractivity contribution is 1.28. The fourth-order valence-electron chi connectivity index (χ4n) is 8.14. The zero-order chi connectivity index (χ0) is 38.0. The van der Waals surface area contributed by atoms with Gasteiger partial charge in [-0.15, -0.1) is 0 Å². The Labute approximate surface area is 334 Å². The molecule has 0 amide bonds. The zero-order valence-electron chi connectivity index (χ0n) is 31.5. The van der Waals surface area contributed by atoms with Crippen LogP contribution in [0.25, 0.3) is 77.2 Å². The summed E-state index contributed by atoms with van der Waals surface area (Å²) in [6.07, 6.45) is 0. The number of para-hydroxylation sites is 1. The quantitative estimate of drug-likeness (QED) is 0.151. The van der Waals surface area contributed by atoms with Crippen LogP contribution in [0.2, 0.25) is 0 Å². The molecule has 0 aliphatic rings. The van der Waals surface area contributed by atoms with E-state index in [9.17, 15) is 0 Å². The maximum atomic E-state index is 2.41. The summed E-state index contributed by atoms with van der Waals surface area (Å²) < 4.78 is 0. The van der Waals surface area contributed by atoms with Crippen LogP contribution < -0.4 is 4.90 Å². The number of anilines is 3. The summed E-state index contributed by atoms with van der Waals surface area (Å²) in [7, 11) is 0. The highest BCUT2D eigenvalue weighted by atomic mass is 15.1. The van der Waals surface area contributed by atoms with E-state index in [4.69, 9.17) is 0 Å². The van der Waals surface area contributed by atoms with Crippen LogP contribution in [0, 0.1) is 0 Å². The lowest BCUT2D eigenvalue weighted by Crippen LogP contribution is -2.11. The fourth-order valence-corrected chi connectivity index (χ4v) is 8.14. The molecule has 0 fully saturated rings. The summed E-state index contributed by atoms with van der Waals surface area (Å²) in [5.74, 6) is 0. The van der Waals surface area contributed by atoms with Gasteiger partial charge in [0.25, 0.3) is 0 Å². The Hall–Kier alpha value is -7.48. The summed E-state index contributed by atoms with van der Waals surface area (Å²) in [6, 6.07) is 85.7. The minimum atomic E-state index is 1.09. The summed E-state index contributed by atoms with van der Waals surface area (Å²) in [4.78, 5) is 2.41. The number of nitrogens with zero attached hydrogens (tertiary/aromatic N) is 1. The molecule has 1 nitrogen and oxygen atoms in total. The summed E-state index contributed by atoms with van der Waals surface area (Å²) in [6.45, 7) is 0. The van der Waals surface area contributed by atoms with E-state index in [1.165, 1.54) is 77.2 Å². The largest absolute Gasteiger partial charge is 0.310 e. The molecule has 268 valence electrons. The Bertz CT molecular complexity index is 3000. The van der Waals surface area contributed by atoms with Gasteiger partial charge in [-0.2, -0.15) is 0 Å². The molecule has 1 heteroatoms. The molecule has 10 rings (SSSR count). The molecule has 0 saturated carbocycles. The van der Waals surface area contributed by atoms with E-state index in [1.54, 1.807) is 0 Å². The minimum absolute atomic E-state index is 1.09. The minimum Gasteiger partial charge on any atom is -0.310 e. The first-order chi connectivity index (χ1) is 28.2. The van der Waals surface area contributed by atoms with Gasteiger partial charge in [-0.1, -0.05) is 194 Å². The van der Waals surface area contributed by atoms with Crippen molar-refractivity contribution in [3.8, 4) is 55.6 Å². The summed E-state index contributed by atoms with van der Waals surface area (Å²) >= 11 is 0. The zero-order valence-corrected chi connectivity index (χ0v) is 31.5. The van der Waals surface area contributed by atoms with E-state index < -0.39 is 0 Å². The van der Waals surface area contributed by atoms with Gasteiger partial charge in [0, 0.05) is 16.9 Å². The van der Waals surface area contributed by atoms with Gasteiger partial charge < -0.3 is 4.90 Å². The molecule has 0 aromatic heterocycles. The van der Waals surface area contributed by atoms with Gasteiger partial charge in [-0.3, -0.25) is 0 Å².